The van der Waals surface area contributed by atoms with E-state index >= 15 is 0 Å². The summed E-state index contributed by atoms with van der Waals surface area (Å²) in [5, 5.41) is 3.28. The van der Waals surface area contributed by atoms with Crippen molar-refractivity contribution in [1.82, 2.24) is 10.2 Å². The number of piperazine rings is 1. The van der Waals surface area contributed by atoms with Crippen molar-refractivity contribution in [2.45, 2.75) is 19.5 Å². The molecule has 1 saturated heterocycles. The van der Waals surface area contributed by atoms with E-state index in [2.05, 4.69) is 17.1 Å². The van der Waals surface area contributed by atoms with Crippen LogP contribution in [0, 0.1) is 11.6 Å². The Morgan fingerprint density at radius 1 is 1.41 bits per heavy atom. The minimum atomic E-state index is -0.519. The normalized spacial score (nSPS) is 21.0. The fourth-order valence-corrected chi connectivity index (χ4v) is 1.99. The highest BCUT2D eigenvalue weighted by Gasteiger charge is 2.19. The summed E-state index contributed by atoms with van der Waals surface area (Å²) in [7, 11) is 0. The average molecular weight is 263 g/mol. The number of rotatable bonds is 2. The lowest BCUT2D eigenvalue weighted by Gasteiger charge is -2.33. The van der Waals surface area contributed by atoms with Crippen LogP contribution in [0.25, 0.3) is 0 Å². The number of nitrogens with zero attached hydrogens (tertiary/aromatic N) is 1. The fourth-order valence-electron chi connectivity index (χ4n) is 1.99. The summed E-state index contributed by atoms with van der Waals surface area (Å²) in [6, 6.07) is 4.17. The van der Waals surface area contributed by atoms with Crippen LogP contribution < -0.4 is 5.32 Å². The second-order valence-electron chi connectivity index (χ2n) is 4.26. The lowest BCUT2D eigenvalue weighted by molar-refractivity contribution is 0.163. The molecule has 0 radical (unpaired) electrons. The van der Waals surface area contributed by atoms with Crippen LogP contribution >= 0.6 is 12.4 Å². The van der Waals surface area contributed by atoms with Gasteiger partial charge in [-0.1, -0.05) is 6.07 Å². The van der Waals surface area contributed by atoms with Crippen LogP contribution in [0.2, 0.25) is 0 Å². The molecule has 1 aliphatic heterocycles. The molecule has 2 nitrogen and oxygen atoms in total. The van der Waals surface area contributed by atoms with E-state index in [4.69, 9.17) is 0 Å². The molecule has 2 rings (SSSR count). The topological polar surface area (TPSA) is 15.3 Å². The zero-order valence-corrected chi connectivity index (χ0v) is 10.6. The molecule has 1 aliphatic rings. The molecule has 1 heterocycles. The summed E-state index contributed by atoms with van der Waals surface area (Å²) in [5.74, 6) is -0.972. The molecule has 5 heteroatoms. The molecule has 1 fully saturated rings. The summed E-state index contributed by atoms with van der Waals surface area (Å²) in [5.41, 5.74) is 0.565. The minimum Gasteiger partial charge on any atom is -0.314 e. The first-order valence-corrected chi connectivity index (χ1v) is 5.55. The third-order valence-corrected chi connectivity index (χ3v) is 3.03. The van der Waals surface area contributed by atoms with Gasteiger partial charge < -0.3 is 5.32 Å². The quantitative estimate of drug-likeness (QED) is 0.879. The van der Waals surface area contributed by atoms with E-state index in [-0.39, 0.29) is 12.4 Å². The van der Waals surface area contributed by atoms with Gasteiger partial charge in [-0.3, -0.25) is 4.90 Å². The molecule has 1 aromatic carbocycles. The van der Waals surface area contributed by atoms with Crippen LogP contribution in [-0.4, -0.2) is 30.6 Å². The maximum atomic E-state index is 13.5. The number of halogens is 3. The molecule has 0 saturated carbocycles. The van der Waals surface area contributed by atoms with Crippen molar-refractivity contribution in [3.8, 4) is 0 Å². The Hall–Kier alpha value is -0.710. The van der Waals surface area contributed by atoms with E-state index in [0.717, 1.165) is 25.7 Å². The van der Waals surface area contributed by atoms with Crippen molar-refractivity contribution in [1.29, 1.82) is 0 Å². The molecule has 1 N–H and O–H groups in total. The largest absolute Gasteiger partial charge is 0.314 e. The first-order chi connectivity index (χ1) is 7.66. The number of benzene rings is 1. The number of nitrogens with one attached hydrogen (secondary N) is 1. The molecule has 0 aliphatic carbocycles. The Morgan fingerprint density at radius 3 is 2.82 bits per heavy atom. The Morgan fingerprint density at radius 2 is 2.18 bits per heavy atom. The van der Waals surface area contributed by atoms with Gasteiger partial charge in [-0.25, -0.2) is 8.78 Å². The van der Waals surface area contributed by atoms with Gasteiger partial charge in [0.1, 0.15) is 11.6 Å². The second-order valence-corrected chi connectivity index (χ2v) is 4.26. The highest BCUT2D eigenvalue weighted by atomic mass is 35.5. The van der Waals surface area contributed by atoms with Gasteiger partial charge in [0.05, 0.1) is 0 Å². The highest BCUT2D eigenvalue weighted by molar-refractivity contribution is 5.85. The molecule has 0 amide bonds. The summed E-state index contributed by atoms with van der Waals surface area (Å²) in [6.45, 7) is 5.40. The van der Waals surface area contributed by atoms with E-state index in [1.807, 2.05) is 0 Å². The molecule has 0 unspecified atom stereocenters. The van der Waals surface area contributed by atoms with Gasteiger partial charge in [0.25, 0.3) is 0 Å². The summed E-state index contributed by atoms with van der Waals surface area (Å²) in [4.78, 5) is 2.20. The van der Waals surface area contributed by atoms with Gasteiger partial charge in [-0.05, 0) is 13.0 Å². The van der Waals surface area contributed by atoms with E-state index in [9.17, 15) is 8.78 Å². The molecule has 1 aromatic rings. The Balaban J connectivity index is 0.00000144. The van der Waals surface area contributed by atoms with Crippen molar-refractivity contribution >= 4 is 12.4 Å². The second kappa shape index (κ2) is 6.28. The molecule has 96 valence electrons. The van der Waals surface area contributed by atoms with Gasteiger partial charge >= 0.3 is 0 Å². The van der Waals surface area contributed by atoms with E-state index in [1.54, 1.807) is 0 Å². The van der Waals surface area contributed by atoms with Crippen molar-refractivity contribution in [2.24, 2.45) is 0 Å². The van der Waals surface area contributed by atoms with E-state index in [0.29, 0.717) is 18.2 Å². The van der Waals surface area contributed by atoms with Crippen molar-refractivity contribution < 1.29 is 8.78 Å². The van der Waals surface area contributed by atoms with Crippen LogP contribution in [0.5, 0.6) is 0 Å². The maximum Gasteiger partial charge on any atom is 0.130 e. The van der Waals surface area contributed by atoms with Gasteiger partial charge in [0.15, 0.2) is 0 Å². The van der Waals surface area contributed by atoms with Crippen LogP contribution in [0.4, 0.5) is 8.78 Å². The van der Waals surface area contributed by atoms with Crippen molar-refractivity contribution in [3.63, 3.8) is 0 Å². The van der Waals surface area contributed by atoms with Gasteiger partial charge in [-0.15, -0.1) is 12.4 Å². The van der Waals surface area contributed by atoms with Crippen molar-refractivity contribution in [2.75, 3.05) is 19.6 Å². The molecule has 0 spiro atoms. The van der Waals surface area contributed by atoms with Crippen LogP contribution in [0.1, 0.15) is 12.5 Å². The lowest BCUT2D eigenvalue weighted by atomic mass is 10.1. The summed E-state index contributed by atoms with van der Waals surface area (Å²) in [6.07, 6.45) is 0. The van der Waals surface area contributed by atoms with E-state index < -0.39 is 11.6 Å². The number of hydrogen-bond donors (Lipinski definition) is 1. The van der Waals surface area contributed by atoms with Crippen LogP contribution in [0.15, 0.2) is 18.2 Å². The Kier molecular flexibility index (Phi) is 5.31. The molecular formula is C12H17ClF2N2. The van der Waals surface area contributed by atoms with Gasteiger partial charge in [0.2, 0.25) is 0 Å². The first-order valence-electron chi connectivity index (χ1n) is 5.55. The third kappa shape index (κ3) is 3.63. The molecule has 0 aromatic heterocycles. The monoisotopic (exact) mass is 262 g/mol. The standard InChI is InChI=1S/C12H16F2N2.ClH/c1-9-7-15-4-5-16(9)8-10-2-3-11(13)6-12(10)14;/h2-3,6,9,15H,4-5,7-8H2,1H3;1H/t9-;/m0./s1. The molecule has 0 bridgehead atoms. The zero-order valence-electron chi connectivity index (χ0n) is 9.75. The van der Waals surface area contributed by atoms with Gasteiger partial charge in [0, 0.05) is 43.9 Å². The lowest BCUT2D eigenvalue weighted by Crippen LogP contribution is -2.49. The predicted molar refractivity (Wildman–Crippen MR) is 66.3 cm³/mol. The Bertz CT molecular complexity index is 374. The predicted octanol–water partition coefficient (Wildman–Crippen LogP) is 2.18. The Labute approximate surface area is 106 Å². The van der Waals surface area contributed by atoms with Crippen molar-refractivity contribution in [3.05, 3.63) is 35.4 Å². The van der Waals surface area contributed by atoms with Crippen LogP contribution in [0.3, 0.4) is 0 Å². The molecule has 17 heavy (non-hydrogen) atoms. The van der Waals surface area contributed by atoms with Gasteiger partial charge in [-0.2, -0.15) is 0 Å². The van der Waals surface area contributed by atoms with E-state index in [1.165, 1.54) is 12.1 Å². The maximum absolute atomic E-state index is 13.5. The summed E-state index contributed by atoms with van der Waals surface area (Å²) < 4.78 is 26.2. The fraction of sp³-hybridized carbons (Fsp3) is 0.500. The zero-order chi connectivity index (χ0) is 11.5. The highest BCUT2D eigenvalue weighted by Crippen LogP contribution is 2.14. The minimum absolute atomic E-state index is 0. The third-order valence-electron chi connectivity index (χ3n) is 3.03. The van der Waals surface area contributed by atoms with Crippen LogP contribution in [-0.2, 0) is 6.54 Å². The number of hydrogen-bond acceptors (Lipinski definition) is 2. The smallest absolute Gasteiger partial charge is 0.130 e. The SMILES string of the molecule is C[C@H]1CNCCN1Cc1ccc(F)cc1F.Cl. The summed E-state index contributed by atoms with van der Waals surface area (Å²) >= 11 is 0. The first kappa shape index (κ1) is 14.4. The molecular weight excluding hydrogens is 246 g/mol. The molecule has 1 atom stereocenters. The average Bonchev–Trinajstić information content (AvgIpc) is 2.25.